The average molecular weight is 144 g/mol. The van der Waals surface area contributed by atoms with Gasteiger partial charge in [0, 0.05) is 7.11 Å². The lowest BCUT2D eigenvalue weighted by Crippen LogP contribution is -2.23. The van der Waals surface area contributed by atoms with Crippen molar-refractivity contribution in [1.82, 2.24) is 0 Å². The Hall–Kier alpha value is -0.0400. The van der Waals surface area contributed by atoms with Crippen molar-refractivity contribution in [3.8, 4) is 0 Å². The molecule has 0 aromatic rings. The molecule has 0 saturated carbocycles. The van der Waals surface area contributed by atoms with Gasteiger partial charge in [-0.15, -0.1) is 0 Å². The molecule has 0 bridgehead atoms. The maximum Gasteiger partial charge on any atom is 0.0596 e. The summed E-state index contributed by atoms with van der Waals surface area (Å²) in [5.41, 5.74) is 0. The van der Waals surface area contributed by atoms with Crippen LogP contribution in [0.15, 0.2) is 0 Å². The Morgan fingerprint density at radius 1 is 1.20 bits per heavy atom. The maximum atomic E-state index is 5.32. The zero-order chi connectivity index (χ0) is 8.15. The zero-order valence-electron chi connectivity index (χ0n) is 7.85. The Morgan fingerprint density at radius 2 is 1.70 bits per heavy atom. The summed E-state index contributed by atoms with van der Waals surface area (Å²) in [4.78, 5) is 0. The second kappa shape index (κ2) is 4.73. The third kappa shape index (κ3) is 2.70. The van der Waals surface area contributed by atoms with Crippen LogP contribution in [0.5, 0.6) is 0 Å². The summed E-state index contributed by atoms with van der Waals surface area (Å²) < 4.78 is 5.32. The van der Waals surface area contributed by atoms with Crippen LogP contribution in [-0.2, 0) is 4.74 Å². The first-order valence-corrected chi connectivity index (χ1v) is 4.16. The minimum absolute atomic E-state index is 0.444. The van der Waals surface area contributed by atoms with Gasteiger partial charge >= 0.3 is 0 Å². The summed E-state index contributed by atoms with van der Waals surface area (Å²) in [5, 5.41) is 0. The van der Waals surface area contributed by atoms with E-state index in [0.29, 0.717) is 12.0 Å². The van der Waals surface area contributed by atoms with Crippen LogP contribution in [0, 0.1) is 11.8 Å². The van der Waals surface area contributed by atoms with Crippen LogP contribution >= 0.6 is 0 Å². The molecule has 62 valence electrons. The number of hydrogen-bond acceptors (Lipinski definition) is 1. The monoisotopic (exact) mass is 144 g/mol. The fraction of sp³-hybridized carbons (Fsp3) is 1.00. The van der Waals surface area contributed by atoms with Gasteiger partial charge in [-0.25, -0.2) is 0 Å². The molecule has 0 aliphatic heterocycles. The molecule has 0 spiro atoms. The van der Waals surface area contributed by atoms with Gasteiger partial charge in [-0.05, 0) is 18.3 Å². The van der Waals surface area contributed by atoms with Gasteiger partial charge in [0.15, 0.2) is 0 Å². The van der Waals surface area contributed by atoms with Crippen molar-refractivity contribution in [2.45, 2.75) is 40.2 Å². The van der Waals surface area contributed by atoms with Crippen LogP contribution in [0.25, 0.3) is 0 Å². The number of hydrogen-bond donors (Lipinski definition) is 0. The first-order chi connectivity index (χ1) is 4.63. The fourth-order valence-corrected chi connectivity index (χ4v) is 1.18. The molecule has 0 rings (SSSR count). The molecule has 2 atom stereocenters. The highest BCUT2D eigenvalue weighted by molar-refractivity contribution is 4.66. The Balaban J connectivity index is 3.76. The summed E-state index contributed by atoms with van der Waals surface area (Å²) >= 11 is 0. The molecule has 0 aromatic carbocycles. The van der Waals surface area contributed by atoms with E-state index in [9.17, 15) is 0 Å². The van der Waals surface area contributed by atoms with Gasteiger partial charge in [-0.1, -0.05) is 27.7 Å². The van der Waals surface area contributed by atoms with Gasteiger partial charge in [0.2, 0.25) is 0 Å². The van der Waals surface area contributed by atoms with Gasteiger partial charge in [0.05, 0.1) is 6.10 Å². The van der Waals surface area contributed by atoms with Crippen molar-refractivity contribution in [3.05, 3.63) is 0 Å². The molecule has 0 amide bonds. The number of rotatable bonds is 4. The molecule has 2 unspecified atom stereocenters. The molecule has 0 aromatic heterocycles. The largest absolute Gasteiger partial charge is 0.381 e. The van der Waals surface area contributed by atoms with Crippen LogP contribution in [0.3, 0.4) is 0 Å². The quantitative estimate of drug-likeness (QED) is 0.589. The van der Waals surface area contributed by atoms with Crippen molar-refractivity contribution >= 4 is 0 Å². The van der Waals surface area contributed by atoms with E-state index < -0.39 is 0 Å². The van der Waals surface area contributed by atoms with E-state index in [1.807, 2.05) is 0 Å². The van der Waals surface area contributed by atoms with Crippen molar-refractivity contribution in [3.63, 3.8) is 0 Å². The summed E-state index contributed by atoms with van der Waals surface area (Å²) in [6, 6.07) is 0. The van der Waals surface area contributed by atoms with E-state index >= 15 is 0 Å². The lowest BCUT2D eigenvalue weighted by atomic mass is 9.91. The zero-order valence-corrected chi connectivity index (χ0v) is 7.85. The highest BCUT2D eigenvalue weighted by Crippen LogP contribution is 2.18. The second-order valence-electron chi connectivity index (χ2n) is 3.29. The Kier molecular flexibility index (Phi) is 4.71. The van der Waals surface area contributed by atoms with Crippen LogP contribution in [0.1, 0.15) is 34.1 Å². The Labute approximate surface area is 64.8 Å². The highest BCUT2D eigenvalue weighted by Gasteiger charge is 2.17. The van der Waals surface area contributed by atoms with Crippen LogP contribution in [0.4, 0.5) is 0 Å². The average Bonchev–Trinajstić information content (AvgIpc) is 1.90. The van der Waals surface area contributed by atoms with E-state index in [-0.39, 0.29) is 0 Å². The van der Waals surface area contributed by atoms with Crippen molar-refractivity contribution in [2.75, 3.05) is 7.11 Å². The van der Waals surface area contributed by atoms with Gasteiger partial charge < -0.3 is 4.74 Å². The molecule has 1 nitrogen and oxygen atoms in total. The molecule has 1 heteroatoms. The van der Waals surface area contributed by atoms with Gasteiger partial charge in [0.1, 0.15) is 0 Å². The SMILES string of the molecule is CCC(OC)C(C)C(C)C. The van der Waals surface area contributed by atoms with E-state index in [2.05, 4.69) is 27.7 Å². The molecule has 0 radical (unpaired) electrons. The maximum absolute atomic E-state index is 5.32. The van der Waals surface area contributed by atoms with Crippen LogP contribution < -0.4 is 0 Å². The molecule has 0 aliphatic carbocycles. The standard InChI is InChI=1S/C9H20O/c1-6-9(10-5)8(4)7(2)3/h7-9H,6H2,1-5H3. The molecular formula is C9H20O. The number of methoxy groups -OCH3 is 1. The Morgan fingerprint density at radius 3 is 1.80 bits per heavy atom. The first kappa shape index (κ1) is 9.96. The molecule has 0 saturated heterocycles. The molecule has 0 fully saturated rings. The molecule has 0 aliphatic rings. The minimum atomic E-state index is 0.444. The topological polar surface area (TPSA) is 9.23 Å². The van der Waals surface area contributed by atoms with Gasteiger partial charge in [-0.2, -0.15) is 0 Å². The summed E-state index contributed by atoms with van der Waals surface area (Å²) in [7, 11) is 1.80. The smallest absolute Gasteiger partial charge is 0.0596 e. The van der Waals surface area contributed by atoms with Crippen molar-refractivity contribution in [1.29, 1.82) is 0 Å². The van der Waals surface area contributed by atoms with Gasteiger partial charge in [-0.3, -0.25) is 0 Å². The predicted octanol–water partition coefficient (Wildman–Crippen LogP) is 2.70. The third-order valence-corrected chi connectivity index (χ3v) is 2.34. The molecule has 10 heavy (non-hydrogen) atoms. The van der Waals surface area contributed by atoms with E-state index in [1.165, 1.54) is 0 Å². The second-order valence-corrected chi connectivity index (χ2v) is 3.29. The van der Waals surface area contributed by atoms with E-state index in [0.717, 1.165) is 12.3 Å². The van der Waals surface area contributed by atoms with Crippen molar-refractivity contribution < 1.29 is 4.74 Å². The number of ether oxygens (including phenoxy) is 1. The predicted molar refractivity (Wildman–Crippen MR) is 45.1 cm³/mol. The lowest BCUT2D eigenvalue weighted by molar-refractivity contribution is 0.0384. The van der Waals surface area contributed by atoms with Crippen LogP contribution in [0.2, 0.25) is 0 Å². The Bertz CT molecular complexity index is 74.8. The molecule has 0 heterocycles. The van der Waals surface area contributed by atoms with Gasteiger partial charge in [0.25, 0.3) is 0 Å². The highest BCUT2D eigenvalue weighted by atomic mass is 16.5. The summed E-state index contributed by atoms with van der Waals surface area (Å²) in [6.45, 7) is 8.91. The minimum Gasteiger partial charge on any atom is -0.381 e. The summed E-state index contributed by atoms with van der Waals surface area (Å²) in [6.07, 6.45) is 1.57. The van der Waals surface area contributed by atoms with Crippen LogP contribution in [-0.4, -0.2) is 13.2 Å². The van der Waals surface area contributed by atoms with E-state index in [4.69, 9.17) is 4.74 Å². The normalized spacial score (nSPS) is 17.4. The fourth-order valence-electron chi connectivity index (χ4n) is 1.18. The third-order valence-electron chi connectivity index (χ3n) is 2.34. The molecular weight excluding hydrogens is 124 g/mol. The van der Waals surface area contributed by atoms with E-state index in [1.54, 1.807) is 7.11 Å². The van der Waals surface area contributed by atoms with Crippen molar-refractivity contribution in [2.24, 2.45) is 11.8 Å². The summed E-state index contributed by atoms with van der Waals surface area (Å²) in [5.74, 6) is 1.40. The first-order valence-electron chi connectivity index (χ1n) is 4.16. The lowest BCUT2D eigenvalue weighted by Gasteiger charge is -2.24. The molecule has 0 N–H and O–H groups in total.